The van der Waals surface area contributed by atoms with Crippen LogP contribution in [-0.4, -0.2) is 55.4 Å². The lowest BCUT2D eigenvalue weighted by Crippen LogP contribution is -2.52. The summed E-state index contributed by atoms with van der Waals surface area (Å²) in [5.74, 6) is 2.56. The van der Waals surface area contributed by atoms with Crippen molar-refractivity contribution in [1.29, 1.82) is 0 Å². The molecule has 0 bridgehead atoms. The highest BCUT2D eigenvalue weighted by molar-refractivity contribution is 6.30. The van der Waals surface area contributed by atoms with Crippen LogP contribution in [0.4, 0.5) is 0 Å². The third-order valence-electron chi connectivity index (χ3n) is 6.34. The topological polar surface area (TPSA) is 34.2 Å². The fourth-order valence-corrected chi connectivity index (χ4v) is 4.61. The van der Waals surface area contributed by atoms with Gasteiger partial charge in [0.15, 0.2) is 11.5 Å². The number of piperazine rings is 1. The summed E-state index contributed by atoms with van der Waals surface area (Å²) >= 11 is 6.02. The van der Waals surface area contributed by atoms with Gasteiger partial charge in [0.25, 0.3) is 0 Å². The summed E-state index contributed by atoms with van der Waals surface area (Å²) in [6.07, 6.45) is 0.969. The number of halogens is 1. The SMILES string of the molecule is Clc1ccc(OCC(Cc2ccccc2)N2CCN(Cc3ccc4c(c3)OCO4)CC2)cc1. The van der Waals surface area contributed by atoms with E-state index < -0.39 is 0 Å². The van der Waals surface area contributed by atoms with Crippen LogP contribution in [-0.2, 0) is 13.0 Å². The third-order valence-corrected chi connectivity index (χ3v) is 6.59. The van der Waals surface area contributed by atoms with Crippen molar-refractivity contribution in [1.82, 2.24) is 9.80 Å². The Balaban J connectivity index is 1.20. The van der Waals surface area contributed by atoms with Crippen molar-refractivity contribution >= 4 is 11.6 Å². The van der Waals surface area contributed by atoms with E-state index in [0.29, 0.717) is 19.4 Å². The highest BCUT2D eigenvalue weighted by Crippen LogP contribution is 2.33. The van der Waals surface area contributed by atoms with Gasteiger partial charge in [-0.2, -0.15) is 0 Å². The van der Waals surface area contributed by atoms with Crippen LogP contribution in [0.15, 0.2) is 72.8 Å². The van der Waals surface area contributed by atoms with Gasteiger partial charge in [-0.1, -0.05) is 48.0 Å². The Morgan fingerprint density at radius 1 is 0.818 bits per heavy atom. The summed E-state index contributed by atoms with van der Waals surface area (Å²) in [5, 5.41) is 0.724. The molecule has 0 radical (unpaired) electrons. The maximum atomic E-state index is 6.17. The minimum absolute atomic E-state index is 0.316. The molecule has 1 unspecified atom stereocenters. The Hall–Kier alpha value is -2.73. The summed E-state index contributed by atoms with van der Waals surface area (Å²) < 4.78 is 17.1. The molecule has 2 aliphatic heterocycles. The van der Waals surface area contributed by atoms with E-state index in [1.165, 1.54) is 11.1 Å². The molecule has 1 atom stereocenters. The van der Waals surface area contributed by atoms with Crippen LogP contribution in [0.2, 0.25) is 5.02 Å². The Bertz CT molecular complexity index is 1040. The smallest absolute Gasteiger partial charge is 0.231 e. The standard InChI is InChI=1S/C27H29ClN2O3/c28-23-7-9-25(10-8-23)31-19-24(16-21-4-2-1-3-5-21)30-14-12-29(13-15-30)18-22-6-11-26-27(17-22)33-20-32-26/h1-11,17,24H,12-16,18-20H2. The van der Waals surface area contributed by atoms with Crippen LogP contribution >= 0.6 is 11.6 Å². The van der Waals surface area contributed by atoms with Gasteiger partial charge in [0.1, 0.15) is 12.4 Å². The summed E-state index contributed by atoms with van der Waals surface area (Å²) in [5.41, 5.74) is 2.60. The molecular formula is C27H29ClN2O3. The van der Waals surface area contributed by atoms with Gasteiger partial charge in [0.2, 0.25) is 6.79 Å². The molecule has 2 aliphatic rings. The molecule has 0 aromatic heterocycles. The minimum Gasteiger partial charge on any atom is -0.492 e. The fraction of sp³-hybridized carbons (Fsp3) is 0.333. The first kappa shape index (κ1) is 22.1. The maximum Gasteiger partial charge on any atom is 0.231 e. The number of ether oxygens (including phenoxy) is 3. The fourth-order valence-electron chi connectivity index (χ4n) is 4.49. The molecule has 33 heavy (non-hydrogen) atoms. The van der Waals surface area contributed by atoms with Gasteiger partial charge >= 0.3 is 0 Å². The molecule has 1 saturated heterocycles. The van der Waals surface area contributed by atoms with E-state index in [1.807, 2.05) is 30.3 Å². The monoisotopic (exact) mass is 464 g/mol. The van der Waals surface area contributed by atoms with E-state index in [2.05, 4.69) is 52.3 Å². The van der Waals surface area contributed by atoms with E-state index in [1.54, 1.807) is 0 Å². The highest BCUT2D eigenvalue weighted by Gasteiger charge is 2.25. The molecule has 2 heterocycles. The molecule has 0 N–H and O–H groups in total. The van der Waals surface area contributed by atoms with Crippen molar-refractivity contribution in [2.24, 2.45) is 0 Å². The van der Waals surface area contributed by atoms with E-state index in [0.717, 1.165) is 61.4 Å². The Labute approximate surface area is 200 Å². The van der Waals surface area contributed by atoms with Crippen LogP contribution in [0.3, 0.4) is 0 Å². The van der Waals surface area contributed by atoms with Crippen LogP contribution in [0.25, 0.3) is 0 Å². The van der Waals surface area contributed by atoms with Gasteiger partial charge in [-0.25, -0.2) is 0 Å². The number of hydrogen-bond acceptors (Lipinski definition) is 5. The summed E-state index contributed by atoms with van der Waals surface area (Å²) in [4.78, 5) is 5.08. The van der Waals surface area contributed by atoms with Crippen molar-refractivity contribution in [2.75, 3.05) is 39.6 Å². The zero-order valence-corrected chi connectivity index (χ0v) is 19.4. The first-order valence-corrected chi connectivity index (χ1v) is 11.9. The van der Waals surface area contributed by atoms with Gasteiger partial charge in [-0.05, 0) is 53.9 Å². The maximum absolute atomic E-state index is 6.17. The lowest BCUT2D eigenvalue weighted by atomic mass is 10.0. The first-order chi connectivity index (χ1) is 16.2. The molecule has 1 fully saturated rings. The van der Waals surface area contributed by atoms with Crippen LogP contribution in [0.5, 0.6) is 17.2 Å². The quantitative estimate of drug-likeness (QED) is 0.474. The zero-order chi connectivity index (χ0) is 22.5. The van der Waals surface area contributed by atoms with Crippen LogP contribution in [0.1, 0.15) is 11.1 Å². The second-order valence-corrected chi connectivity index (χ2v) is 9.04. The molecule has 0 aliphatic carbocycles. The number of fused-ring (bicyclic) bond motifs is 1. The van der Waals surface area contributed by atoms with Gasteiger partial charge in [0.05, 0.1) is 0 Å². The van der Waals surface area contributed by atoms with E-state index >= 15 is 0 Å². The second kappa shape index (κ2) is 10.5. The molecular weight excluding hydrogens is 436 g/mol. The second-order valence-electron chi connectivity index (χ2n) is 8.61. The Kier molecular flexibility index (Phi) is 7.01. The van der Waals surface area contributed by atoms with Crippen molar-refractivity contribution in [3.05, 3.63) is 88.9 Å². The predicted octanol–water partition coefficient (Wildman–Crippen LogP) is 4.88. The molecule has 0 saturated carbocycles. The number of hydrogen-bond donors (Lipinski definition) is 0. The molecule has 172 valence electrons. The predicted molar refractivity (Wildman–Crippen MR) is 130 cm³/mol. The average molecular weight is 465 g/mol. The van der Waals surface area contributed by atoms with E-state index in [-0.39, 0.29) is 0 Å². The molecule has 0 spiro atoms. The molecule has 3 aromatic rings. The lowest BCUT2D eigenvalue weighted by molar-refractivity contribution is 0.0681. The normalized spacial score (nSPS) is 17.1. The Morgan fingerprint density at radius 3 is 2.36 bits per heavy atom. The van der Waals surface area contributed by atoms with E-state index in [9.17, 15) is 0 Å². The van der Waals surface area contributed by atoms with Gasteiger partial charge < -0.3 is 14.2 Å². The molecule has 5 nitrogen and oxygen atoms in total. The Morgan fingerprint density at radius 2 is 1.58 bits per heavy atom. The lowest BCUT2D eigenvalue weighted by Gasteiger charge is -2.39. The van der Waals surface area contributed by atoms with Crippen molar-refractivity contribution in [2.45, 2.75) is 19.0 Å². The van der Waals surface area contributed by atoms with Gasteiger partial charge in [-0.3, -0.25) is 9.80 Å². The number of nitrogens with zero attached hydrogens (tertiary/aromatic N) is 2. The van der Waals surface area contributed by atoms with Crippen molar-refractivity contribution in [3.63, 3.8) is 0 Å². The van der Waals surface area contributed by atoms with Crippen molar-refractivity contribution in [3.8, 4) is 17.2 Å². The van der Waals surface area contributed by atoms with Gasteiger partial charge in [0, 0.05) is 43.8 Å². The average Bonchev–Trinajstić information content (AvgIpc) is 3.32. The molecule has 6 heteroatoms. The zero-order valence-electron chi connectivity index (χ0n) is 18.7. The first-order valence-electron chi connectivity index (χ1n) is 11.5. The molecule has 5 rings (SSSR count). The molecule has 3 aromatic carbocycles. The van der Waals surface area contributed by atoms with Crippen LogP contribution < -0.4 is 14.2 Å². The number of rotatable bonds is 8. The highest BCUT2D eigenvalue weighted by atomic mass is 35.5. The summed E-state index contributed by atoms with van der Waals surface area (Å²) in [7, 11) is 0. The summed E-state index contributed by atoms with van der Waals surface area (Å²) in [6.45, 7) is 5.99. The number of benzene rings is 3. The molecule has 0 amide bonds. The third kappa shape index (κ3) is 5.80. The van der Waals surface area contributed by atoms with Gasteiger partial charge in [-0.15, -0.1) is 0 Å². The van der Waals surface area contributed by atoms with Crippen molar-refractivity contribution < 1.29 is 14.2 Å². The van der Waals surface area contributed by atoms with E-state index in [4.69, 9.17) is 25.8 Å². The summed E-state index contributed by atoms with van der Waals surface area (Å²) in [6, 6.07) is 24.9. The minimum atomic E-state index is 0.316. The largest absolute Gasteiger partial charge is 0.492 e. The van der Waals surface area contributed by atoms with Crippen LogP contribution in [0, 0.1) is 0 Å².